The number of hydrogen-bond donors (Lipinski definition) is 3. The molecule has 0 saturated carbocycles. The Bertz CT molecular complexity index is 765. The van der Waals surface area contributed by atoms with Gasteiger partial charge < -0.3 is 16.4 Å². The molecule has 30 heavy (non-hydrogen) atoms. The molecule has 1 unspecified atom stereocenters. The van der Waals surface area contributed by atoms with Crippen molar-refractivity contribution in [3.05, 3.63) is 65.5 Å². The number of fused-ring (bicyclic) bond motifs is 1. The average molecular weight is 408 g/mol. The highest BCUT2D eigenvalue weighted by Gasteiger charge is 2.27. The zero-order valence-electron chi connectivity index (χ0n) is 18.1. The Kier molecular flexibility index (Phi) is 7.87. The van der Waals surface area contributed by atoms with Crippen LogP contribution in [-0.4, -0.2) is 48.1 Å². The number of rotatable bonds is 9. The Morgan fingerprint density at radius 2 is 2.10 bits per heavy atom. The molecule has 2 aromatic rings. The molecule has 1 aliphatic heterocycles. The topological polar surface area (TPSA) is 66.2 Å². The van der Waals surface area contributed by atoms with Gasteiger partial charge in [0, 0.05) is 50.5 Å². The molecule has 0 radical (unpaired) electrons. The first-order valence-corrected chi connectivity index (χ1v) is 11.7. The molecule has 1 aromatic heterocycles. The number of nitrogens with two attached hydrogens (primary N) is 1. The molecule has 2 aliphatic rings. The Morgan fingerprint density at radius 1 is 1.20 bits per heavy atom. The molecule has 1 aromatic carbocycles. The van der Waals surface area contributed by atoms with Crippen molar-refractivity contribution in [1.29, 1.82) is 0 Å². The van der Waals surface area contributed by atoms with E-state index < -0.39 is 0 Å². The van der Waals surface area contributed by atoms with E-state index in [2.05, 4.69) is 58.0 Å². The minimum atomic E-state index is 0.377. The fraction of sp³-hybridized carbons (Fsp3) is 0.560. The molecule has 5 heteroatoms. The summed E-state index contributed by atoms with van der Waals surface area (Å²) in [4.78, 5) is 7.32. The number of aromatic nitrogens is 1. The van der Waals surface area contributed by atoms with Crippen LogP contribution in [-0.2, 0) is 13.0 Å². The lowest BCUT2D eigenvalue weighted by Gasteiger charge is -2.37. The van der Waals surface area contributed by atoms with E-state index in [1.54, 1.807) is 0 Å². The second-order valence-corrected chi connectivity index (χ2v) is 8.89. The highest BCUT2D eigenvalue weighted by Crippen LogP contribution is 2.29. The second-order valence-electron chi connectivity index (χ2n) is 8.89. The van der Waals surface area contributed by atoms with E-state index in [4.69, 9.17) is 10.7 Å². The molecule has 0 spiro atoms. The lowest BCUT2D eigenvalue weighted by atomic mass is 9.90. The number of benzene rings is 1. The predicted molar refractivity (Wildman–Crippen MR) is 123 cm³/mol. The van der Waals surface area contributed by atoms with Crippen LogP contribution in [0.1, 0.15) is 55.0 Å². The summed E-state index contributed by atoms with van der Waals surface area (Å²) in [5.41, 5.74) is 9.95. The van der Waals surface area contributed by atoms with Crippen LogP contribution in [0.4, 0.5) is 0 Å². The van der Waals surface area contributed by atoms with Crippen LogP contribution in [0.5, 0.6) is 0 Å². The molecule has 3 atom stereocenters. The molecule has 5 nitrogen and oxygen atoms in total. The fourth-order valence-electron chi connectivity index (χ4n) is 5.07. The van der Waals surface area contributed by atoms with Crippen LogP contribution >= 0.6 is 0 Å². The van der Waals surface area contributed by atoms with E-state index in [0.29, 0.717) is 18.1 Å². The smallest absolute Gasteiger partial charge is 0.0605 e. The van der Waals surface area contributed by atoms with Crippen LogP contribution in [0, 0.1) is 0 Å². The van der Waals surface area contributed by atoms with Gasteiger partial charge in [0.2, 0.25) is 0 Å². The van der Waals surface area contributed by atoms with Gasteiger partial charge >= 0.3 is 0 Å². The van der Waals surface area contributed by atoms with Crippen LogP contribution < -0.4 is 16.4 Å². The summed E-state index contributed by atoms with van der Waals surface area (Å²) in [6.45, 7) is 5.09. The lowest BCUT2D eigenvalue weighted by Crippen LogP contribution is -2.52. The molecular weight excluding hydrogens is 370 g/mol. The summed E-state index contributed by atoms with van der Waals surface area (Å²) >= 11 is 0. The summed E-state index contributed by atoms with van der Waals surface area (Å²) < 4.78 is 0. The lowest BCUT2D eigenvalue weighted by molar-refractivity contribution is 0.175. The first-order chi connectivity index (χ1) is 14.8. The van der Waals surface area contributed by atoms with Crippen LogP contribution in [0.25, 0.3) is 0 Å². The Labute approximate surface area is 181 Å². The van der Waals surface area contributed by atoms with Gasteiger partial charge in [-0.1, -0.05) is 36.4 Å². The molecule has 4 rings (SSSR count). The average Bonchev–Trinajstić information content (AvgIpc) is 2.79. The van der Waals surface area contributed by atoms with Crippen molar-refractivity contribution in [2.75, 3.05) is 26.2 Å². The quantitative estimate of drug-likeness (QED) is 0.596. The maximum Gasteiger partial charge on any atom is 0.0605 e. The molecule has 162 valence electrons. The zero-order chi connectivity index (χ0) is 20.6. The number of nitrogens with zero attached hydrogens (tertiary/aromatic N) is 2. The van der Waals surface area contributed by atoms with E-state index in [1.165, 1.54) is 29.7 Å². The van der Waals surface area contributed by atoms with Gasteiger partial charge in [0.1, 0.15) is 0 Å². The summed E-state index contributed by atoms with van der Waals surface area (Å²) in [7, 11) is 0. The van der Waals surface area contributed by atoms with Gasteiger partial charge in [0.05, 0.1) is 5.69 Å². The van der Waals surface area contributed by atoms with Crippen molar-refractivity contribution < 1.29 is 0 Å². The summed E-state index contributed by atoms with van der Waals surface area (Å²) in [5.74, 6) is 0. The highest BCUT2D eigenvalue weighted by molar-refractivity contribution is 5.25. The molecule has 1 saturated heterocycles. The first-order valence-electron chi connectivity index (χ1n) is 11.7. The van der Waals surface area contributed by atoms with Gasteiger partial charge in [-0.15, -0.1) is 0 Å². The molecule has 0 amide bonds. The monoisotopic (exact) mass is 407 g/mol. The van der Waals surface area contributed by atoms with Crippen LogP contribution in [0.15, 0.2) is 48.7 Å². The van der Waals surface area contributed by atoms with Crippen LogP contribution in [0.2, 0.25) is 0 Å². The minimum Gasteiger partial charge on any atom is -0.330 e. The molecule has 2 heterocycles. The minimum absolute atomic E-state index is 0.377. The molecule has 4 N–H and O–H groups in total. The van der Waals surface area contributed by atoms with Gasteiger partial charge in [-0.3, -0.25) is 9.88 Å². The van der Waals surface area contributed by atoms with E-state index in [-0.39, 0.29) is 0 Å². The standard InChI is InChI=1S/C25H37N5/c26-13-5-11-22(29-24-12-4-9-21-10-6-14-28-25(21)24)17-23-19-30(16-15-27-23)18-20-7-2-1-3-8-20/h1-3,6-8,10,14,22-24,27,29H,4-5,9,11-13,15-19,26H2/t22?,23-,24+/m1/s1. The van der Waals surface area contributed by atoms with Crippen LogP contribution in [0.3, 0.4) is 0 Å². The number of piperazine rings is 1. The normalized spacial score (nSPS) is 23.1. The predicted octanol–water partition coefficient (Wildman–Crippen LogP) is 3.02. The number of pyridine rings is 1. The maximum atomic E-state index is 5.86. The van der Waals surface area contributed by atoms with Crippen molar-refractivity contribution in [3.63, 3.8) is 0 Å². The van der Waals surface area contributed by atoms with E-state index in [9.17, 15) is 0 Å². The van der Waals surface area contributed by atoms with E-state index in [0.717, 1.165) is 58.4 Å². The molecule has 0 bridgehead atoms. The van der Waals surface area contributed by atoms with Crippen molar-refractivity contribution in [3.8, 4) is 0 Å². The largest absolute Gasteiger partial charge is 0.330 e. The zero-order valence-corrected chi connectivity index (χ0v) is 18.1. The second kappa shape index (κ2) is 11.0. The molecule has 1 fully saturated rings. The van der Waals surface area contributed by atoms with Gasteiger partial charge in [0.25, 0.3) is 0 Å². The van der Waals surface area contributed by atoms with Gasteiger partial charge in [-0.05, 0) is 62.3 Å². The van der Waals surface area contributed by atoms with Crippen molar-refractivity contribution in [1.82, 2.24) is 20.5 Å². The Morgan fingerprint density at radius 3 is 2.97 bits per heavy atom. The Balaban J connectivity index is 1.37. The van der Waals surface area contributed by atoms with E-state index >= 15 is 0 Å². The van der Waals surface area contributed by atoms with Crippen molar-refractivity contribution in [2.45, 2.75) is 63.2 Å². The summed E-state index contributed by atoms with van der Waals surface area (Å²) in [5, 5.41) is 7.75. The van der Waals surface area contributed by atoms with Gasteiger partial charge in [0.15, 0.2) is 0 Å². The SMILES string of the molecule is NCCCC(C[C@@H]1CN(Cc2ccccc2)CCN1)N[C@H]1CCCc2cccnc21. The van der Waals surface area contributed by atoms with Gasteiger partial charge in [-0.25, -0.2) is 0 Å². The molecule has 1 aliphatic carbocycles. The van der Waals surface area contributed by atoms with Gasteiger partial charge in [-0.2, -0.15) is 0 Å². The first kappa shape index (κ1) is 21.4. The molecular formula is C25H37N5. The van der Waals surface area contributed by atoms with Crippen molar-refractivity contribution >= 4 is 0 Å². The van der Waals surface area contributed by atoms with Crippen molar-refractivity contribution in [2.24, 2.45) is 5.73 Å². The summed E-state index contributed by atoms with van der Waals surface area (Å²) in [6, 6.07) is 16.5. The summed E-state index contributed by atoms with van der Waals surface area (Å²) in [6.07, 6.45) is 8.87. The third kappa shape index (κ3) is 5.88. The van der Waals surface area contributed by atoms with E-state index in [1.807, 2.05) is 6.20 Å². The fourth-order valence-corrected chi connectivity index (χ4v) is 5.07. The highest BCUT2D eigenvalue weighted by atomic mass is 15.2. The number of hydrogen-bond acceptors (Lipinski definition) is 5. The maximum absolute atomic E-state index is 5.86. The third-order valence-electron chi connectivity index (χ3n) is 6.55. The Hall–Kier alpha value is -1.79. The number of nitrogens with one attached hydrogen (secondary N) is 2. The third-order valence-corrected chi connectivity index (χ3v) is 6.55. The number of aryl methyl sites for hydroxylation is 1.